The SMILES string of the molecule is COc1ccc([N+](=O)[O-])cc1NC(=O)C(C)Sc1nnc(-c2ccccc2F)n1C1CCCC1. The molecule has 0 aliphatic heterocycles. The number of aromatic nitrogens is 3. The van der Waals surface area contributed by atoms with Gasteiger partial charge in [-0.05, 0) is 38.0 Å². The third-order valence-corrected chi connectivity index (χ3v) is 6.83. The second kappa shape index (κ2) is 10.2. The molecule has 0 radical (unpaired) electrons. The van der Waals surface area contributed by atoms with Crippen LogP contribution < -0.4 is 10.1 Å². The van der Waals surface area contributed by atoms with Crippen molar-refractivity contribution in [3.05, 3.63) is 58.4 Å². The first-order chi connectivity index (χ1) is 16.4. The highest BCUT2D eigenvalue weighted by atomic mass is 32.2. The molecule has 0 saturated heterocycles. The van der Waals surface area contributed by atoms with E-state index in [4.69, 9.17) is 4.74 Å². The first kappa shape index (κ1) is 23.7. The maximum atomic E-state index is 14.5. The van der Waals surface area contributed by atoms with Gasteiger partial charge in [0.25, 0.3) is 5.69 Å². The van der Waals surface area contributed by atoms with Crippen molar-refractivity contribution in [2.24, 2.45) is 0 Å². The number of hydrogen-bond acceptors (Lipinski definition) is 7. The van der Waals surface area contributed by atoms with E-state index < -0.39 is 10.2 Å². The summed E-state index contributed by atoms with van der Waals surface area (Å²) in [7, 11) is 1.42. The molecule has 1 aliphatic carbocycles. The molecule has 178 valence electrons. The minimum absolute atomic E-state index is 0.124. The number of anilines is 1. The van der Waals surface area contributed by atoms with Crippen LogP contribution in [0.5, 0.6) is 5.75 Å². The Balaban J connectivity index is 1.59. The van der Waals surface area contributed by atoms with Gasteiger partial charge >= 0.3 is 0 Å². The Bertz CT molecular complexity index is 1210. The average Bonchev–Trinajstić information content (AvgIpc) is 3.49. The van der Waals surface area contributed by atoms with Crippen LogP contribution in [0.2, 0.25) is 0 Å². The molecule has 1 aliphatic rings. The number of amides is 1. The molecule has 1 heterocycles. The Morgan fingerprint density at radius 2 is 2.00 bits per heavy atom. The number of nitro benzene ring substituents is 1. The maximum Gasteiger partial charge on any atom is 0.271 e. The van der Waals surface area contributed by atoms with Crippen molar-refractivity contribution in [2.45, 2.75) is 49.1 Å². The molecule has 11 heteroatoms. The maximum absolute atomic E-state index is 14.5. The number of carbonyl (C=O) groups is 1. The van der Waals surface area contributed by atoms with Crippen molar-refractivity contribution in [3.63, 3.8) is 0 Å². The number of methoxy groups -OCH3 is 1. The van der Waals surface area contributed by atoms with Crippen LogP contribution >= 0.6 is 11.8 Å². The molecule has 4 rings (SSSR count). The molecule has 1 unspecified atom stereocenters. The Kier molecular flexibility index (Phi) is 7.11. The highest BCUT2D eigenvalue weighted by Crippen LogP contribution is 2.38. The summed E-state index contributed by atoms with van der Waals surface area (Å²) < 4.78 is 21.7. The summed E-state index contributed by atoms with van der Waals surface area (Å²) in [6.45, 7) is 1.71. The highest BCUT2D eigenvalue weighted by Gasteiger charge is 2.28. The van der Waals surface area contributed by atoms with E-state index in [-0.39, 0.29) is 29.1 Å². The molecule has 9 nitrogen and oxygen atoms in total. The molecule has 1 aromatic heterocycles. The first-order valence-electron chi connectivity index (χ1n) is 10.9. The molecule has 34 heavy (non-hydrogen) atoms. The molecular weight excluding hydrogens is 461 g/mol. The van der Waals surface area contributed by atoms with Crippen LogP contribution in [0.25, 0.3) is 11.4 Å². The van der Waals surface area contributed by atoms with Gasteiger partial charge < -0.3 is 10.1 Å². The number of carbonyl (C=O) groups excluding carboxylic acids is 1. The number of nitrogens with one attached hydrogen (secondary N) is 1. The van der Waals surface area contributed by atoms with E-state index in [1.807, 2.05) is 4.57 Å². The quantitative estimate of drug-likeness (QED) is 0.264. The van der Waals surface area contributed by atoms with Crippen molar-refractivity contribution >= 4 is 29.0 Å². The van der Waals surface area contributed by atoms with Crippen molar-refractivity contribution in [1.29, 1.82) is 0 Å². The molecule has 1 fully saturated rings. The molecular formula is C23H24FN5O4S. The zero-order chi connectivity index (χ0) is 24.2. The molecule has 1 N–H and O–H groups in total. The lowest BCUT2D eigenvalue weighted by Gasteiger charge is -2.19. The van der Waals surface area contributed by atoms with E-state index in [1.54, 1.807) is 25.1 Å². The van der Waals surface area contributed by atoms with Gasteiger partial charge in [-0.2, -0.15) is 0 Å². The average molecular weight is 486 g/mol. The van der Waals surface area contributed by atoms with Gasteiger partial charge in [0, 0.05) is 18.2 Å². The Morgan fingerprint density at radius 1 is 1.26 bits per heavy atom. The highest BCUT2D eigenvalue weighted by molar-refractivity contribution is 8.00. The molecule has 0 spiro atoms. The van der Waals surface area contributed by atoms with Gasteiger partial charge in [0.15, 0.2) is 11.0 Å². The topological polar surface area (TPSA) is 112 Å². The Morgan fingerprint density at radius 3 is 2.68 bits per heavy atom. The first-order valence-corrected chi connectivity index (χ1v) is 11.8. The molecule has 1 atom stereocenters. The van der Waals surface area contributed by atoms with E-state index in [9.17, 15) is 19.3 Å². The standard InChI is InChI=1S/C23H24FN5O4S/c1-14(22(30)25-19-13-16(29(31)32)11-12-20(19)33-2)34-23-27-26-21(17-9-5-6-10-18(17)24)28(23)15-7-3-4-8-15/h5-6,9-15H,3-4,7-8H2,1-2H3,(H,25,30). The Hall–Kier alpha value is -3.47. The lowest BCUT2D eigenvalue weighted by atomic mass is 10.1. The van der Waals surface area contributed by atoms with Gasteiger partial charge in [-0.15, -0.1) is 10.2 Å². The number of non-ortho nitro benzene ring substituents is 1. The van der Waals surface area contributed by atoms with Gasteiger partial charge in [-0.1, -0.05) is 36.7 Å². The van der Waals surface area contributed by atoms with Crippen LogP contribution in [0.1, 0.15) is 38.6 Å². The monoisotopic (exact) mass is 485 g/mol. The predicted octanol–water partition coefficient (Wildman–Crippen LogP) is 5.24. The molecule has 1 amide bonds. The number of ether oxygens (including phenoxy) is 1. The molecule has 3 aromatic rings. The normalized spacial score (nSPS) is 14.7. The van der Waals surface area contributed by atoms with Gasteiger partial charge in [-0.3, -0.25) is 19.5 Å². The van der Waals surface area contributed by atoms with Gasteiger partial charge in [0.1, 0.15) is 11.6 Å². The fourth-order valence-electron chi connectivity index (χ4n) is 4.03. The van der Waals surface area contributed by atoms with Crippen LogP contribution in [-0.2, 0) is 4.79 Å². The minimum atomic E-state index is -0.609. The summed E-state index contributed by atoms with van der Waals surface area (Å²) in [4.78, 5) is 23.5. The lowest BCUT2D eigenvalue weighted by molar-refractivity contribution is -0.384. The molecule has 0 bridgehead atoms. The van der Waals surface area contributed by atoms with Crippen LogP contribution in [-0.4, -0.2) is 38.0 Å². The van der Waals surface area contributed by atoms with Gasteiger partial charge in [0.2, 0.25) is 5.91 Å². The summed E-state index contributed by atoms with van der Waals surface area (Å²) in [5, 5.41) is 22.3. The van der Waals surface area contributed by atoms with E-state index >= 15 is 0 Å². The van der Waals surface area contributed by atoms with E-state index in [0.29, 0.717) is 22.3 Å². The lowest BCUT2D eigenvalue weighted by Crippen LogP contribution is -2.23. The number of rotatable bonds is 8. The predicted molar refractivity (Wildman–Crippen MR) is 127 cm³/mol. The van der Waals surface area contributed by atoms with Gasteiger partial charge in [0.05, 0.1) is 28.5 Å². The molecule has 2 aromatic carbocycles. The summed E-state index contributed by atoms with van der Waals surface area (Å²) in [5.74, 6) is -0.000889. The number of thioether (sulfide) groups is 1. The fourth-order valence-corrected chi connectivity index (χ4v) is 4.95. The van der Waals surface area contributed by atoms with Gasteiger partial charge in [-0.25, -0.2) is 4.39 Å². The fraction of sp³-hybridized carbons (Fsp3) is 0.348. The largest absolute Gasteiger partial charge is 0.495 e. The second-order valence-electron chi connectivity index (χ2n) is 7.99. The van der Waals surface area contributed by atoms with Crippen LogP contribution in [0, 0.1) is 15.9 Å². The number of nitro groups is 1. The summed E-state index contributed by atoms with van der Waals surface area (Å²) in [6, 6.07) is 10.6. The minimum Gasteiger partial charge on any atom is -0.495 e. The summed E-state index contributed by atoms with van der Waals surface area (Å²) in [5.41, 5.74) is 0.414. The van der Waals surface area contributed by atoms with Crippen molar-refractivity contribution < 1.29 is 18.8 Å². The van der Waals surface area contributed by atoms with Crippen molar-refractivity contribution in [1.82, 2.24) is 14.8 Å². The summed E-state index contributed by atoms with van der Waals surface area (Å²) in [6.07, 6.45) is 3.98. The number of benzene rings is 2. The van der Waals surface area contributed by atoms with Crippen molar-refractivity contribution in [2.75, 3.05) is 12.4 Å². The van der Waals surface area contributed by atoms with E-state index in [1.165, 1.54) is 43.1 Å². The van der Waals surface area contributed by atoms with Crippen LogP contribution in [0.15, 0.2) is 47.6 Å². The number of nitrogens with zero attached hydrogens (tertiary/aromatic N) is 4. The van der Waals surface area contributed by atoms with Crippen LogP contribution in [0.3, 0.4) is 0 Å². The molecule has 1 saturated carbocycles. The zero-order valence-corrected chi connectivity index (χ0v) is 19.5. The summed E-state index contributed by atoms with van der Waals surface area (Å²) >= 11 is 1.21. The zero-order valence-electron chi connectivity index (χ0n) is 18.7. The Labute approximate surface area is 199 Å². The van der Waals surface area contributed by atoms with Crippen LogP contribution in [0.4, 0.5) is 15.8 Å². The number of halogens is 1. The van der Waals surface area contributed by atoms with E-state index in [2.05, 4.69) is 15.5 Å². The smallest absolute Gasteiger partial charge is 0.271 e. The van der Waals surface area contributed by atoms with E-state index in [0.717, 1.165) is 25.7 Å². The number of hydrogen-bond donors (Lipinski definition) is 1. The third-order valence-electron chi connectivity index (χ3n) is 5.77. The second-order valence-corrected chi connectivity index (χ2v) is 9.29. The third kappa shape index (κ3) is 4.89. The van der Waals surface area contributed by atoms with Crippen molar-refractivity contribution in [3.8, 4) is 17.1 Å².